The molecule has 0 aliphatic carbocycles. The van der Waals surface area contributed by atoms with Gasteiger partial charge in [0.25, 0.3) is 0 Å². The molecule has 1 unspecified atom stereocenters. The van der Waals surface area contributed by atoms with Gasteiger partial charge in [-0.25, -0.2) is 0 Å². The highest BCUT2D eigenvalue weighted by atomic mass is 16.5. The summed E-state index contributed by atoms with van der Waals surface area (Å²) in [7, 11) is 0. The Morgan fingerprint density at radius 2 is 1.86 bits per heavy atom. The molecule has 3 heterocycles. The lowest BCUT2D eigenvalue weighted by Crippen LogP contribution is -2.44. The molecule has 3 rings (SSSR count). The van der Waals surface area contributed by atoms with Gasteiger partial charge < -0.3 is 14.7 Å². The second-order valence-electron chi connectivity index (χ2n) is 6.54. The van der Waals surface area contributed by atoms with Gasteiger partial charge in [0.2, 0.25) is 0 Å². The van der Waals surface area contributed by atoms with Crippen LogP contribution in [0.5, 0.6) is 0 Å². The largest absolute Gasteiger partial charge is 0.390 e. The van der Waals surface area contributed by atoms with Gasteiger partial charge >= 0.3 is 0 Å². The Morgan fingerprint density at radius 3 is 2.55 bits per heavy atom. The Balaban J connectivity index is 1.34. The van der Waals surface area contributed by atoms with Crippen molar-refractivity contribution in [2.75, 3.05) is 52.5 Å². The van der Waals surface area contributed by atoms with Crippen LogP contribution in [0.15, 0.2) is 18.5 Å². The second kappa shape index (κ2) is 8.06. The molecule has 2 fully saturated rings. The lowest BCUT2D eigenvalue weighted by molar-refractivity contribution is 0.0209. The number of aromatic nitrogens is 2. The molecule has 0 aromatic carbocycles. The fourth-order valence-corrected chi connectivity index (χ4v) is 3.48. The number of aliphatic hydroxyl groups excluding tert-OH is 1. The van der Waals surface area contributed by atoms with Crippen LogP contribution >= 0.6 is 0 Å². The number of β-amino-alcohol motifs (C(OH)–C–C–N with tert-alkyl or cyclic N) is 1. The maximum absolute atomic E-state index is 10.2. The van der Waals surface area contributed by atoms with Gasteiger partial charge in [-0.15, -0.1) is 0 Å². The predicted octanol–water partition coefficient (Wildman–Crippen LogP) is 0.288. The van der Waals surface area contributed by atoms with E-state index in [1.54, 1.807) is 10.9 Å². The molecule has 1 N–H and O–H groups in total. The van der Waals surface area contributed by atoms with E-state index in [0.29, 0.717) is 6.54 Å². The number of hydrogen-bond acceptors (Lipinski definition) is 5. The van der Waals surface area contributed by atoms with Crippen LogP contribution in [0.1, 0.15) is 12.8 Å². The van der Waals surface area contributed by atoms with Crippen molar-refractivity contribution in [1.82, 2.24) is 19.6 Å². The lowest BCUT2D eigenvalue weighted by Gasteiger charge is -2.36. The van der Waals surface area contributed by atoms with Crippen LogP contribution in [0, 0.1) is 5.92 Å². The summed E-state index contributed by atoms with van der Waals surface area (Å²) in [4.78, 5) is 4.93. The van der Waals surface area contributed by atoms with Crippen LogP contribution in [0.4, 0.5) is 0 Å². The van der Waals surface area contributed by atoms with E-state index in [4.69, 9.17) is 4.74 Å². The van der Waals surface area contributed by atoms with Gasteiger partial charge in [0.05, 0.1) is 25.9 Å². The van der Waals surface area contributed by atoms with Gasteiger partial charge in [0.1, 0.15) is 0 Å². The van der Waals surface area contributed by atoms with E-state index in [-0.39, 0.29) is 6.10 Å². The van der Waals surface area contributed by atoms with Gasteiger partial charge in [0, 0.05) is 38.6 Å². The third-order valence-corrected chi connectivity index (χ3v) is 4.75. The molecular formula is C16H28N4O2. The molecule has 22 heavy (non-hydrogen) atoms. The fourth-order valence-electron chi connectivity index (χ4n) is 3.48. The normalized spacial score (nSPS) is 23.7. The van der Waals surface area contributed by atoms with E-state index in [0.717, 1.165) is 51.9 Å². The fraction of sp³-hybridized carbons (Fsp3) is 0.812. The summed E-state index contributed by atoms with van der Waals surface area (Å²) in [6.45, 7) is 8.71. The average molecular weight is 308 g/mol. The highest BCUT2D eigenvalue weighted by Gasteiger charge is 2.23. The zero-order valence-electron chi connectivity index (χ0n) is 13.3. The Morgan fingerprint density at radius 1 is 1.09 bits per heavy atom. The number of rotatable bonds is 6. The first kappa shape index (κ1) is 15.9. The highest BCUT2D eigenvalue weighted by Crippen LogP contribution is 2.19. The summed E-state index contributed by atoms with van der Waals surface area (Å²) in [6.07, 6.45) is 5.80. The Kier molecular flexibility index (Phi) is 5.83. The van der Waals surface area contributed by atoms with Crippen LogP contribution in [-0.4, -0.2) is 83.3 Å². The molecule has 1 aromatic heterocycles. The van der Waals surface area contributed by atoms with E-state index < -0.39 is 0 Å². The van der Waals surface area contributed by atoms with Gasteiger partial charge in [-0.05, 0) is 37.9 Å². The van der Waals surface area contributed by atoms with Crippen molar-refractivity contribution in [2.45, 2.75) is 25.5 Å². The van der Waals surface area contributed by atoms with E-state index in [9.17, 15) is 5.11 Å². The van der Waals surface area contributed by atoms with Crippen LogP contribution < -0.4 is 0 Å². The Labute approximate surface area is 132 Å². The molecule has 6 heteroatoms. The topological polar surface area (TPSA) is 53.8 Å². The molecule has 2 saturated heterocycles. The van der Waals surface area contributed by atoms with Crippen LogP contribution in [0.2, 0.25) is 0 Å². The van der Waals surface area contributed by atoms with Crippen LogP contribution in [-0.2, 0) is 11.3 Å². The summed E-state index contributed by atoms with van der Waals surface area (Å²) in [5.74, 6) is 0.803. The maximum atomic E-state index is 10.2. The lowest BCUT2D eigenvalue weighted by atomic mass is 9.96. The van der Waals surface area contributed by atoms with Crippen LogP contribution in [0.3, 0.4) is 0 Å². The van der Waals surface area contributed by atoms with Gasteiger partial charge in [-0.3, -0.25) is 9.58 Å². The molecule has 124 valence electrons. The highest BCUT2D eigenvalue weighted by molar-refractivity contribution is 4.80. The third kappa shape index (κ3) is 4.78. The zero-order valence-corrected chi connectivity index (χ0v) is 13.3. The number of morpholine rings is 1. The van der Waals surface area contributed by atoms with Crippen molar-refractivity contribution in [2.24, 2.45) is 5.92 Å². The number of aliphatic hydroxyl groups is 1. The van der Waals surface area contributed by atoms with Crippen molar-refractivity contribution in [3.8, 4) is 0 Å². The Bertz CT molecular complexity index is 412. The van der Waals surface area contributed by atoms with E-state index in [1.165, 1.54) is 19.4 Å². The minimum absolute atomic E-state index is 0.337. The van der Waals surface area contributed by atoms with Crippen LogP contribution in [0.25, 0.3) is 0 Å². The molecule has 2 aliphatic rings. The first-order valence-corrected chi connectivity index (χ1v) is 8.47. The maximum Gasteiger partial charge on any atom is 0.0862 e. The molecule has 0 radical (unpaired) electrons. The van der Waals surface area contributed by atoms with Crippen molar-refractivity contribution < 1.29 is 9.84 Å². The summed E-state index contributed by atoms with van der Waals surface area (Å²) in [5, 5.41) is 14.3. The monoisotopic (exact) mass is 308 g/mol. The van der Waals surface area contributed by atoms with Gasteiger partial charge in [0.15, 0.2) is 0 Å². The number of ether oxygens (including phenoxy) is 1. The molecule has 1 atom stereocenters. The Hall–Kier alpha value is -0.950. The molecule has 6 nitrogen and oxygen atoms in total. The van der Waals surface area contributed by atoms with Crippen molar-refractivity contribution >= 4 is 0 Å². The predicted molar refractivity (Wildman–Crippen MR) is 84.7 cm³/mol. The molecule has 1 aromatic rings. The average Bonchev–Trinajstić information content (AvgIpc) is 3.03. The van der Waals surface area contributed by atoms with Gasteiger partial charge in [-0.1, -0.05) is 0 Å². The van der Waals surface area contributed by atoms with Crippen molar-refractivity contribution in [1.29, 1.82) is 0 Å². The summed E-state index contributed by atoms with van der Waals surface area (Å²) in [6, 6.07) is 1.89. The molecule has 0 saturated carbocycles. The molecule has 2 aliphatic heterocycles. The zero-order chi connectivity index (χ0) is 15.2. The second-order valence-corrected chi connectivity index (χ2v) is 6.54. The first-order valence-electron chi connectivity index (χ1n) is 8.47. The minimum atomic E-state index is -0.337. The smallest absolute Gasteiger partial charge is 0.0862 e. The van der Waals surface area contributed by atoms with Crippen molar-refractivity contribution in [3.05, 3.63) is 18.5 Å². The standard InChI is InChI=1S/C16H28N4O2/c21-16(14-20-5-1-4-17-20)13-18-6-2-15(3-7-18)12-19-8-10-22-11-9-19/h1,4-5,15-16,21H,2-3,6-14H2. The number of hydrogen-bond donors (Lipinski definition) is 1. The molecule has 0 bridgehead atoms. The first-order chi connectivity index (χ1) is 10.8. The molecule has 0 amide bonds. The van der Waals surface area contributed by atoms with E-state index in [2.05, 4.69) is 14.9 Å². The number of piperidine rings is 1. The summed E-state index contributed by atoms with van der Waals surface area (Å²) < 4.78 is 7.21. The quantitative estimate of drug-likeness (QED) is 0.818. The van der Waals surface area contributed by atoms with Crippen molar-refractivity contribution in [3.63, 3.8) is 0 Å². The summed E-state index contributed by atoms with van der Waals surface area (Å²) in [5.41, 5.74) is 0. The molecule has 0 spiro atoms. The minimum Gasteiger partial charge on any atom is -0.390 e. The van der Waals surface area contributed by atoms with E-state index >= 15 is 0 Å². The number of likely N-dealkylation sites (tertiary alicyclic amines) is 1. The molecular weight excluding hydrogens is 280 g/mol. The summed E-state index contributed by atoms with van der Waals surface area (Å²) >= 11 is 0. The SMILES string of the molecule is OC(CN1CCC(CN2CCOCC2)CC1)Cn1cccn1. The van der Waals surface area contributed by atoms with Gasteiger partial charge in [-0.2, -0.15) is 5.10 Å². The van der Waals surface area contributed by atoms with E-state index in [1.807, 2.05) is 12.3 Å². The number of nitrogens with zero attached hydrogens (tertiary/aromatic N) is 4. The third-order valence-electron chi connectivity index (χ3n) is 4.75.